The summed E-state index contributed by atoms with van der Waals surface area (Å²) in [6, 6.07) is -0.972. The van der Waals surface area contributed by atoms with Gasteiger partial charge in [-0.1, -0.05) is 0 Å². The number of carbonyl (C=O) groups excluding carboxylic acids is 1. The lowest BCUT2D eigenvalue weighted by Gasteiger charge is -2.22. The van der Waals surface area contributed by atoms with Crippen LogP contribution < -0.4 is 0 Å². The minimum atomic E-state index is -3.12. The van der Waals surface area contributed by atoms with Gasteiger partial charge < -0.3 is 10.0 Å². The lowest BCUT2D eigenvalue weighted by atomic mass is 9.94. The van der Waals surface area contributed by atoms with E-state index in [1.165, 1.54) is 12.7 Å². The summed E-state index contributed by atoms with van der Waals surface area (Å²) in [6.07, 6.45) is 0. The first kappa shape index (κ1) is 11.4. The van der Waals surface area contributed by atoms with E-state index < -0.39 is 27.8 Å². The fraction of sp³-hybridized carbons (Fsp3) is 0.750. The van der Waals surface area contributed by atoms with E-state index in [1.807, 2.05) is 0 Å². The molecule has 16 heavy (non-hydrogen) atoms. The summed E-state index contributed by atoms with van der Waals surface area (Å²) < 4.78 is 22.8. The van der Waals surface area contributed by atoms with E-state index >= 15 is 0 Å². The van der Waals surface area contributed by atoms with E-state index in [-0.39, 0.29) is 29.8 Å². The summed E-state index contributed by atoms with van der Waals surface area (Å²) in [5, 5.41) is 9.06. The number of fused-ring (bicyclic) bond motifs is 1. The van der Waals surface area contributed by atoms with Crippen LogP contribution in [0.2, 0.25) is 0 Å². The molecular formula is C8H12BNO5S. The zero-order chi connectivity index (χ0) is 12.1. The molecule has 0 spiro atoms. The molecule has 0 unspecified atom stereocenters. The van der Waals surface area contributed by atoms with Crippen molar-refractivity contribution in [2.75, 3.05) is 18.1 Å². The second kappa shape index (κ2) is 3.48. The van der Waals surface area contributed by atoms with E-state index in [9.17, 15) is 18.0 Å². The van der Waals surface area contributed by atoms with Gasteiger partial charge in [-0.25, -0.2) is 13.2 Å². The molecule has 3 atom stereocenters. The molecule has 88 valence electrons. The maximum Gasteiger partial charge on any atom is 0.326 e. The van der Waals surface area contributed by atoms with E-state index in [0.717, 1.165) is 0 Å². The molecule has 2 rings (SSSR count). The molecule has 0 aromatic heterocycles. The van der Waals surface area contributed by atoms with Crippen molar-refractivity contribution in [3.8, 4) is 0 Å². The quantitative estimate of drug-likeness (QED) is 0.548. The molecule has 6 nitrogen and oxygen atoms in total. The van der Waals surface area contributed by atoms with E-state index in [4.69, 9.17) is 5.11 Å². The van der Waals surface area contributed by atoms with Crippen molar-refractivity contribution >= 4 is 29.5 Å². The minimum absolute atomic E-state index is 0.00519. The summed E-state index contributed by atoms with van der Waals surface area (Å²) >= 11 is 0. The number of carboxylic acid groups (broad SMARTS) is 1. The predicted molar refractivity (Wildman–Crippen MR) is 57.7 cm³/mol. The Labute approximate surface area is 93.9 Å². The van der Waals surface area contributed by atoms with Crippen molar-refractivity contribution < 1.29 is 23.1 Å². The molecule has 2 saturated heterocycles. The number of nitrogens with zero attached hydrogens (tertiary/aromatic N) is 1. The molecule has 0 radical (unpaired) electrons. The number of aliphatic carboxylic acids is 1. The molecule has 8 heteroatoms. The van der Waals surface area contributed by atoms with Gasteiger partial charge in [0.2, 0.25) is 7.85 Å². The summed E-state index contributed by atoms with van der Waals surface area (Å²) in [5.41, 5.74) is 0. The lowest BCUT2D eigenvalue weighted by molar-refractivity contribution is -0.142. The van der Waals surface area contributed by atoms with Gasteiger partial charge in [0, 0.05) is 12.5 Å². The largest absolute Gasteiger partial charge is 0.480 e. The molecule has 1 amide bonds. The molecule has 0 aromatic carbocycles. The van der Waals surface area contributed by atoms with Gasteiger partial charge in [-0.2, -0.15) is 0 Å². The summed E-state index contributed by atoms with van der Waals surface area (Å²) in [7, 11) is -1.81. The van der Waals surface area contributed by atoms with Gasteiger partial charge in [-0.05, 0) is 5.92 Å². The van der Waals surface area contributed by atoms with Gasteiger partial charge in [0.15, 0.2) is 15.6 Å². The molecule has 0 bridgehead atoms. The van der Waals surface area contributed by atoms with E-state index in [2.05, 4.69) is 0 Å². The standard InChI is InChI=1S/C8H12BNO5S/c9-8(13)10-1-4-2-16(14,15)3-5(4)6(10)7(11)12/h4-6H,1-3,9H2,(H,11,12)/t4-,5+,6+/m1/s1. The van der Waals surface area contributed by atoms with Crippen LogP contribution in [0.3, 0.4) is 0 Å². The molecule has 2 aliphatic rings. The van der Waals surface area contributed by atoms with Gasteiger partial charge >= 0.3 is 5.97 Å². The molecule has 0 saturated carbocycles. The molecule has 2 fully saturated rings. The molecule has 2 aliphatic heterocycles. The Bertz CT molecular complexity index is 447. The average Bonchev–Trinajstić information content (AvgIpc) is 2.54. The van der Waals surface area contributed by atoms with Crippen molar-refractivity contribution in [1.82, 2.24) is 4.90 Å². The highest BCUT2D eigenvalue weighted by atomic mass is 32.2. The van der Waals surface area contributed by atoms with Crippen LogP contribution in [0, 0.1) is 11.8 Å². The van der Waals surface area contributed by atoms with E-state index in [0.29, 0.717) is 0 Å². The van der Waals surface area contributed by atoms with Gasteiger partial charge in [0.25, 0.3) is 0 Å². The number of sulfone groups is 1. The first-order chi connectivity index (χ1) is 7.32. The number of carbonyl (C=O) groups is 2. The Morgan fingerprint density at radius 3 is 2.44 bits per heavy atom. The second-order valence-corrected chi connectivity index (χ2v) is 6.61. The summed E-state index contributed by atoms with van der Waals surface area (Å²) in [5.74, 6) is -2.18. The third-order valence-corrected chi connectivity index (χ3v) is 5.18. The molecule has 0 aromatic rings. The van der Waals surface area contributed by atoms with Crippen molar-refractivity contribution in [3.63, 3.8) is 0 Å². The summed E-state index contributed by atoms with van der Waals surface area (Å²) in [4.78, 5) is 23.6. The van der Waals surface area contributed by atoms with Crippen LogP contribution in [-0.2, 0) is 14.6 Å². The Morgan fingerprint density at radius 2 is 1.94 bits per heavy atom. The predicted octanol–water partition coefficient (Wildman–Crippen LogP) is -1.83. The summed E-state index contributed by atoms with van der Waals surface area (Å²) in [6.45, 7) is 0.246. The fourth-order valence-corrected chi connectivity index (χ4v) is 4.90. The number of hydrogen-bond acceptors (Lipinski definition) is 4. The molecule has 0 aliphatic carbocycles. The highest BCUT2D eigenvalue weighted by Gasteiger charge is 2.53. The fourth-order valence-electron chi connectivity index (χ4n) is 2.72. The normalized spacial score (nSPS) is 36.0. The van der Waals surface area contributed by atoms with Crippen LogP contribution in [0.15, 0.2) is 0 Å². The van der Waals surface area contributed by atoms with Crippen LogP contribution in [0.5, 0.6) is 0 Å². The van der Waals surface area contributed by atoms with Crippen molar-refractivity contribution in [2.45, 2.75) is 6.04 Å². The highest BCUT2D eigenvalue weighted by Crippen LogP contribution is 2.37. The Balaban J connectivity index is 2.30. The van der Waals surface area contributed by atoms with Crippen molar-refractivity contribution in [2.24, 2.45) is 11.8 Å². The molecule has 1 N–H and O–H groups in total. The first-order valence-corrected chi connectivity index (χ1v) is 6.84. The number of amides is 1. The number of rotatable bonds is 1. The van der Waals surface area contributed by atoms with Crippen LogP contribution in [-0.4, -0.2) is 62.1 Å². The average molecular weight is 245 g/mol. The molecular weight excluding hydrogens is 233 g/mol. The Kier molecular flexibility index (Phi) is 2.49. The number of carboxylic acids is 1. The zero-order valence-corrected chi connectivity index (χ0v) is 9.61. The van der Waals surface area contributed by atoms with Gasteiger partial charge in [-0.3, -0.25) is 4.79 Å². The first-order valence-electron chi connectivity index (χ1n) is 5.02. The monoisotopic (exact) mass is 245 g/mol. The third-order valence-electron chi connectivity index (χ3n) is 3.35. The van der Waals surface area contributed by atoms with Crippen LogP contribution in [0.4, 0.5) is 4.79 Å². The maximum atomic E-state index is 11.4. The zero-order valence-electron chi connectivity index (χ0n) is 8.79. The smallest absolute Gasteiger partial charge is 0.326 e. The van der Waals surface area contributed by atoms with E-state index in [1.54, 1.807) is 0 Å². The van der Waals surface area contributed by atoms with Gasteiger partial charge in [-0.15, -0.1) is 0 Å². The Morgan fingerprint density at radius 1 is 1.31 bits per heavy atom. The highest BCUT2D eigenvalue weighted by molar-refractivity contribution is 7.91. The van der Waals surface area contributed by atoms with Gasteiger partial charge in [0.05, 0.1) is 11.5 Å². The van der Waals surface area contributed by atoms with Crippen LogP contribution in [0.1, 0.15) is 0 Å². The third kappa shape index (κ3) is 1.70. The molecule has 2 heterocycles. The van der Waals surface area contributed by atoms with Crippen molar-refractivity contribution in [1.29, 1.82) is 0 Å². The minimum Gasteiger partial charge on any atom is -0.480 e. The lowest BCUT2D eigenvalue weighted by Crippen LogP contribution is -2.44. The second-order valence-electron chi connectivity index (χ2n) is 4.46. The van der Waals surface area contributed by atoms with Gasteiger partial charge in [0.1, 0.15) is 6.04 Å². The number of hydrogen-bond donors (Lipinski definition) is 1. The number of likely N-dealkylation sites (tertiary alicyclic amines) is 1. The van der Waals surface area contributed by atoms with Crippen LogP contribution in [0.25, 0.3) is 0 Å². The SMILES string of the molecule is BC(=O)N1C[C@@H]2CS(=O)(=O)C[C@@H]2[C@H]1C(=O)O. The Hall–Kier alpha value is -1.05. The van der Waals surface area contributed by atoms with Crippen molar-refractivity contribution in [3.05, 3.63) is 0 Å². The van der Waals surface area contributed by atoms with Crippen LogP contribution >= 0.6 is 0 Å². The topological polar surface area (TPSA) is 91.8 Å². The maximum absolute atomic E-state index is 11.4.